The second kappa shape index (κ2) is 7.66. The van der Waals surface area contributed by atoms with Crippen LogP contribution in [-0.2, 0) is 6.54 Å². The van der Waals surface area contributed by atoms with Gasteiger partial charge in [-0.1, -0.05) is 28.9 Å². The highest BCUT2D eigenvalue weighted by atomic mass is 35.5. The van der Waals surface area contributed by atoms with Crippen molar-refractivity contribution in [1.82, 2.24) is 25.3 Å². The van der Waals surface area contributed by atoms with Crippen molar-refractivity contribution < 1.29 is 9.53 Å². The molecular formula is C20H16ClN5O2. The van der Waals surface area contributed by atoms with Crippen LogP contribution in [0, 0.1) is 0 Å². The molecule has 4 rings (SSSR count). The summed E-state index contributed by atoms with van der Waals surface area (Å²) in [5.41, 5.74) is 3.29. The number of nitrogens with one attached hydrogen (secondary N) is 1. The van der Waals surface area contributed by atoms with Crippen molar-refractivity contribution in [2.24, 2.45) is 0 Å². The van der Waals surface area contributed by atoms with Crippen molar-refractivity contribution in [2.75, 3.05) is 7.11 Å². The fourth-order valence-corrected chi connectivity index (χ4v) is 3.08. The maximum absolute atomic E-state index is 12.5. The third-order valence-corrected chi connectivity index (χ3v) is 4.55. The van der Waals surface area contributed by atoms with Crippen LogP contribution in [0.15, 0.2) is 60.8 Å². The number of halogens is 1. The van der Waals surface area contributed by atoms with Gasteiger partial charge in [-0.05, 0) is 48.0 Å². The quantitative estimate of drug-likeness (QED) is 0.562. The van der Waals surface area contributed by atoms with Gasteiger partial charge in [-0.25, -0.2) is 4.98 Å². The number of amides is 1. The average Bonchev–Trinajstić information content (AvgIpc) is 3.16. The molecular weight excluding hydrogens is 378 g/mol. The van der Waals surface area contributed by atoms with Gasteiger partial charge < -0.3 is 10.1 Å². The lowest BCUT2D eigenvalue weighted by Crippen LogP contribution is -2.23. The molecule has 0 aliphatic carbocycles. The number of rotatable bonds is 5. The highest BCUT2D eigenvalue weighted by Crippen LogP contribution is 2.22. The molecule has 0 radical (unpaired) electrons. The summed E-state index contributed by atoms with van der Waals surface area (Å²) in [6.45, 7) is 0.367. The summed E-state index contributed by atoms with van der Waals surface area (Å²) in [5.74, 6) is 0.476. The normalized spacial score (nSPS) is 10.8. The van der Waals surface area contributed by atoms with E-state index in [0.717, 1.165) is 11.3 Å². The minimum absolute atomic E-state index is 0.263. The molecule has 0 aliphatic rings. The molecule has 8 heteroatoms. The summed E-state index contributed by atoms with van der Waals surface area (Å²) in [5, 5.41) is 11.4. The lowest BCUT2D eigenvalue weighted by molar-refractivity contribution is 0.0951. The third kappa shape index (κ3) is 3.52. The monoisotopic (exact) mass is 393 g/mol. The molecule has 1 N–H and O–H groups in total. The zero-order valence-corrected chi connectivity index (χ0v) is 15.7. The first kappa shape index (κ1) is 17.9. The van der Waals surface area contributed by atoms with Gasteiger partial charge >= 0.3 is 0 Å². The predicted octanol–water partition coefficient (Wildman–Crippen LogP) is 3.41. The topological polar surface area (TPSA) is 81.9 Å². The van der Waals surface area contributed by atoms with E-state index in [4.69, 9.17) is 16.3 Å². The Bertz CT molecular complexity index is 1160. The van der Waals surface area contributed by atoms with Gasteiger partial charge in [-0.3, -0.25) is 4.79 Å². The minimum Gasteiger partial charge on any atom is -0.497 e. The zero-order valence-electron chi connectivity index (χ0n) is 15.0. The summed E-state index contributed by atoms with van der Waals surface area (Å²) in [7, 11) is 1.60. The van der Waals surface area contributed by atoms with Crippen LogP contribution < -0.4 is 10.1 Å². The fourth-order valence-electron chi connectivity index (χ4n) is 2.82. The zero-order chi connectivity index (χ0) is 19.5. The Balaban J connectivity index is 1.53. The van der Waals surface area contributed by atoms with Gasteiger partial charge in [0.15, 0.2) is 5.65 Å². The Labute approximate surface area is 165 Å². The van der Waals surface area contributed by atoms with Crippen molar-refractivity contribution in [1.29, 1.82) is 0 Å². The van der Waals surface area contributed by atoms with Gasteiger partial charge in [0.25, 0.3) is 5.91 Å². The van der Waals surface area contributed by atoms with Crippen molar-refractivity contribution in [3.05, 3.63) is 76.9 Å². The van der Waals surface area contributed by atoms with Crippen molar-refractivity contribution in [3.63, 3.8) is 0 Å². The van der Waals surface area contributed by atoms with Crippen LogP contribution in [0.5, 0.6) is 5.75 Å². The number of carbonyl (C=O) groups is 1. The molecule has 0 spiro atoms. The Hall–Kier alpha value is -3.45. The molecule has 0 saturated carbocycles. The number of methoxy groups -OCH3 is 1. The van der Waals surface area contributed by atoms with Crippen molar-refractivity contribution >= 4 is 28.7 Å². The van der Waals surface area contributed by atoms with Crippen LogP contribution in [0.2, 0.25) is 5.02 Å². The van der Waals surface area contributed by atoms with Crippen molar-refractivity contribution in [2.45, 2.75) is 6.54 Å². The standard InChI is InChI=1S/C20H16ClN5O2/c1-28-15-5-2-4-13(10-15)12-23-20(27)16-8-7-14(11-17(16)21)26-19-18(24-25-26)6-3-9-22-19/h2-11H,12H2,1H3,(H,23,27). The van der Waals surface area contributed by atoms with Gasteiger partial charge in [0, 0.05) is 12.7 Å². The van der Waals surface area contributed by atoms with Gasteiger partial charge in [-0.2, -0.15) is 4.68 Å². The summed E-state index contributed by atoms with van der Waals surface area (Å²) in [4.78, 5) is 16.8. The lowest BCUT2D eigenvalue weighted by Gasteiger charge is -2.09. The largest absolute Gasteiger partial charge is 0.497 e. The molecule has 2 aromatic carbocycles. The van der Waals surface area contributed by atoms with E-state index in [9.17, 15) is 4.79 Å². The number of pyridine rings is 1. The van der Waals surface area contributed by atoms with Crippen LogP contribution in [0.3, 0.4) is 0 Å². The second-order valence-electron chi connectivity index (χ2n) is 6.05. The van der Waals surface area contributed by atoms with Crippen LogP contribution in [0.25, 0.3) is 16.9 Å². The third-order valence-electron chi connectivity index (χ3n) is 4.24. The fraction of sp³-hybridized carbons (Fsp3) is 0.100. The summed E-state index contributed by atoms with van der Waals surface area (Å²) in [6.07, 6.45) is 1.67. The smallest absolute Gasteiger partial charge is 0.253 e. The first-order valence-electron chi connectivity index (χ1n) is 8.53. The number of aromatic nitrogens is 4. The van der Waals surface area contributed by atoms with Crippen LogP contribution in [-0.4, -0.2) is 33.0 Å². The molecule has 1 amide bonds. The first-order valence-corrected chi connectivity index (χ1v) is 8.91. The number of hydrogen-bond acceptors (Lipinski definition) is 5. The predicted molar refractivity (Wildman–Crippen MR) is 106 cm³/mol. The molecule has 2 heterocycles. The first-order chi connectivity index (χ1) is 13.7. The van der Waals surface area contributed by atoms with E-state index in [-0.39, 0.29) is 5.91 Å². The number of ether oxygens (including phenoxy) is 1. The van der Waals surface area contributed by atoms with E-state index in [2.05, 4.69) is 20.6 Å². The maximum atomic E-state index is 12.5. The molecule has 0 fully saturated rings. The number of carbonyl (C=O) groups excluding carboxylic acids is 1. The average molecular weight is 394 g/mol. The van der Waals surface area contributed by atoms with E-state index < -0.39 is 0 Å². The highest BCUT2D eigenvalue weighted by molar-refractivity contribution is 6.34. The molecule has 28 heavy (non-hydrogen) atoms. The van der Waals surface area contributed by atoms with E-state index in [0.29, 0.717) is 34.0 Å². The van der Waals surface area contributed by atoms with Crippen LogP contribution in [0.4, 0.5) is 0 Å². The molecule has 140 valence electrons. The van der Waals surface area contributed by atoms with E-state index in [1.165, 1.54) is 0 Å². The maximum Gasteiger partial charge on any atom is 0.253 e. The van der Waals surface area contributed by atoms with E-state index >= 15 is 0 Å². The molecule has 0 saturated heterocycles. The number of hydrogen-bond donors (Lipinski definition) is 1. The van der Waals surface area contributed by atoms with Crippen LogP contribution >= 0.6 is 11.6 Å². The van der Waals surface area contributed by atoms with E-state index in [1.54, 1.807) is 42.3 Å². The molecule has 0 unspecified atom stereocenters. The Morgan fingerprint density at radius 1 is 1.18 bits per heavy atom. The van der Waals surface area contributed by atoms with Gasteiger partial charge in [-0.15, -0.1) is 5.10 Å². The number of fused-ring (bicyclic) bond motifs is 1. The summed E-state index contributed by atoms with van der Waals surface area (Å²) >= 11 is 6.36. The molecule has 7 nitrogen and oxygen atoms in total. The van der Waals surface area contributed by atoms with E-state index in [1.807, 2.05) is 30.3 Å². The number of nitrogens with zero attached hydrogens (tertiary/aromatic N) is 4. The Morgan fingerprint density at radius 3 is 2.89 bits per heavy atom. The number of benzene rings is 2. The van der Waals surface area contributed by atoms with Gasteiger partial charge in [0.2, 0.25) is 0 Å². The summed E-state index contributed by atoms with van der Waals surface area (Å²) in [6, 6.07) is 16.2. The molecule has 0 bridgehead atoms. The van der Waals surface area contributed by atoms with Gasteiger partial charge in [0.05, 0.1) is 23.4 Å². The minimum atomic E-state index is -0.263. The highest BCUT2D eigenvalue weighted by Gasteiger charge is 2.14. The SMILES string of the molecule is COc1cccc(CNC(=O)c2ccc(-n3nnc4cccnc43)cc2Cl)c1. The van der Waals surface area contributed by atoms with Crippen molar-refractivity contribution in [3.8, 4) is 11.4 Å². The Morgan fingerprint density at radius 2 is 2.07 bits per heavy atom. The molecule has 2 aromatic heterocycles. The van der Waals surface area contributed by atoms with Gasteiger partial charge in [0.1, 0.15) is 11.3 Å². The lowest BCUT2D eigenvalue weighted by atomic mass is 10.1. The molecule has 0 atom stereocenters. The summed E-state index contributed by atoms with van der Waals surface area (Å²) < 4.78 is 6.77. The molecule has 0 aliphatic heterocycles. The second-order valence-corrected chi connectivity index (χ2v) is 6.45. The molecule has 4 aromatic rings. The van der Waals surface area contributed by atoms with Crippen LogP contribution in [0.1, 0.15) is 15.9 Å². The Kier molecular flexibility index (Phi) is 4.90.